The van der Waals surface area contributed by atoms with Gasteiger partial charge >= 0.3 is 0 Å². The van der Waals surface area contributed by atoms with Gasteiger partial charge in [-0.1, -0.05) is 19.1 Å². The van der Waals surface area contributed by atoms with Crippen molar-refractivity contribution in [2.45, 2.75) is 32.9 Å². The SMILES string of the molecule is CCCOc1ccc([C@H]2C(C(=O)c3cccs3)=C(O)C(=O)N2Cc2ccco2)cc1OCC. The number of thiophene rings is 1. The Morgan fingerprint density at radius 1 is 1.15 bits per heavy atom. The third kappa shape index (κ3) is 4.52. The van der Waals surface area contributed by atoms with Crippen LogP contribution in [0.2, 0.25) is 0 Å². The number of benzene rings is 1. The first kappa shape index (κ1) is 22.7. The Labute approximate surface area is 195 Å². The highest BCUT2D eigenvalue weighted by atomic mass is 32.1. The van der Waals surface area contributed by atoms with Crippen molar-refractivity contribution < 1.29 is 28.6 Å². The summed E-state index contributed by atoms with van der Waals surface area (Å²) in [6.45, 7) is 4.94. The Morgan fingerprint density at radius 2 is 2.00 bits per heavy atom. The summed E-state index contributed by atoms with van der Waals surface area (Å²) in [5, 5.41) is 12.6. The molecule has 0 fully saturated rings. The standard InChI is InChI=1S/C25H25NO6S/c1-3-11-32-18-10-9-16(14-19(18)30-4-2)22-21(23(27)20-8-6-13-33-20)24(28)25(29)26(22)15-17-7-5-12-31-17/h5-10,12-14,22,28H,3-4,11,15H2,1-2H3/t22-/m0/s1. The Morgan fingerprint density at radius 3 is 2.67 bits per heavy atom. The van der Waals surface area contributed by atoms with Crippen molar-refractivity contribution >= 4 is 23.0 Å². The monoisotopic (exact) mass is 467 g/mol. The molecule has 33 heavy (non-hydrogen) atoms. The second-order valence-electron chi connectivity index (χ2n) is 7.47. The third-order valence-electron chi connectivity index (χ3n) is 5.24. The zero-order valence-electron chi connectivity index (χ0n) is 18.4. The van der Waals surface area contributed by atoms with Gasteiger partial charge in [0, 0.05) is 0 Å². The zero-order chi connectivity index (χ0) is 23.4. The summed E-state index contributed by atoms with van der Waals surface area (Å²) >= 11 is 1.26. The van der Waals surface area contributed by atoms with E-state index in [2.05, 4.69) is 0 Å². The van der Waals surface area contributed by atoms with Gasteiger partial charge in [0.25, 0.3) is 5.91 Å². The second kappa shape index (κ2) is 9.95. The predicted octanol–water partition coefficient (Wildman–Crippen LogP) is 5.31. The van der Waals surface area contributed by atoms with Gasteiger partial charge in [0.1, 0.15) is 5.76 Å². The molecule has 1 N–H and O–H groups in total. The van der Waals surface area contributed by atoms with Crippen LogP contribution < -0.4 is 9.47 Å². The molecule has 0 spiro atoms. The van der Waals surface area contributed by atoms with E-state index in [0.29, 0.717) is 40.9 Å². The topological polar surface area (TPSA) is 89.2 Å². The van der Waals surface area contributed by atoms with E-state index in [1.807, 2.05) is 13.8 Å². The number of ether oxygens (including phenoxy) is 2. The quantitative estimate of drug-likeness (QED) is 0.407. The Kier molecular flexibility index (Phi) is 6.84. The largest absolute Gasteiger partial charge is 0.503 e. The maximum absolute atomic E-state index is 13.3. The van der Waals surface area contributed by atoms with Gasteiger partial charge in [-0.2, -0.15) is 0 Å². The summed E-state index contributed by atoms with van der Waals surface area (Å²) in [7, 11) is 0. The molecule has 2 aromatic heterocycles. The van der Waals surface area contributed by atoms with Crippen LogP contribution in [0.1, 0.15) is 47.3 Å². The van der Waals surface area contributed by atoms with Gasteiger partial charge in [-0.15, -0.1) is 11.3 Å². The Bertz CT molecular complexity index is 1150. The van der Waals surface area contributed by atoms with Crippen LogP contribution in [-0.2, 0) is 11.3 Å². The number of hydrogen-bond donors (Lipinski definition) is 1. The minimum Gasteiger partial charge on any atom is -0.503 e. The van der Waals surface area contributed by atoms with Crippen LogP contribution in [0, 0.1) is 0 Å². The molecule has 0 saturated carbocycles. The van der Waals surface area contributed by atoms with Crippen LogP contribution in [0.5, 0.6) is 11.5 Å². The molecular formula is C25H25NO6S. The summed E-state index contributed by atoms with van der Waals surface area (Å²) in [6.07, 6.45) is 2.36. The van der Waals surface area contributed by atoms with E-state index < -0.39 is 17.7 Å². The first-order chi connectivity index (χ1) is 16.0. The fourth-order valence-corrected chi connectivity index (χ4v) is 4.48. The minimum atomic E-state index is -0.809. The molecule has 1 amide bonds. The molecule has 3 heterocycles. The average Bonchev–Trinajstić information content (AvgIpc) is 3.57. The molecule has 172 valence electrons. The number of aliphatic hydroxyl groups is 1. The van der Waals surface area contributed by atoms with Gasteiger partial charge in [0.2, 0.25) is 5.78 Å². The minimum absolute atomic E-state index is 0.0404. The average molecular weight is 468 g/mol. The van der Waals surface area contributed by atoms with E-state index in [1.165, 1.54) is 22.5 Å². The van der Waals surface area contributed by atoms with E-state index in [-0.39, 0.29) is 17.9 Å². The maximum Gasteiger partial charge on any atom is 0.290 e. The molecule has 0 unspecified atom stereocenters. The fourth-order valence-electron chi connectivity index (χ4n) is 3.80. The van der Waals surface area contributed by atoms with Crippen LogP contribution >= 0.6 is 11.3 Å². The number of furan rings is 1. The summed E-state index contributed by atoms with van der Waals surface area (Å²) < 4.78 is 17.0. The van der Waals surface area contributed by atoms with E-state index >= 15 is 0 Å². The van der Waals surface area contributed by atoms with Gasteiger partial charge in [0.05, 0.1) is 42.5 Å². The lowest BCUT2D eigenvalue weighted by Crippen LogP contribution is -2.30. The molecule has 1 aliphatic rings. The molecule has 8 heteroatoms. The molecule has 1 aromatic carbocycles. The second-order valence-corrected chi connectivity index (χ2v) is 8.42. The van der Waals surface area contributed by atoms with Crippen molar-refractivity contribution in [1.82, 2.24) is 4.90 Å². The summed E-state index contributed by atoms with van der Waals surface area (Å²) in [5.41, 5.74) is 0.671. The highest BCUT2D eigenvalue weighted by Crippen LogP contribution is 2.42. The molecule has 1 aliphatic heterocycles. The molecule has 0 aliphatic carbocycles. The molecule has 1 atom stereocenters. The van der Waals surface area contributed by atoms with Crippen molar-refractivity contribution in [1.29, 1.82) is 0 Å². The predicted molar refractivity (Wildman–Crippen MR) is 124 cm³/mol. The first-order valence-electron chi connectivity index (χ1n) is 10.8. The van der Waals surface area contributed by atoms with Crippen LogP contribution in [0.4, 0.5) is 0 Å². The number of carbonyl (C=O) groups excluding carboxylic acids is 2. The van der Waals surface area contributed by atoms with Crippen LogP contribution in [0.25, 0.3) is 0 Å². The van der Waals surface area contributed by atoms with Gasteiger partial charge < -0.3 is 23.9 Å². The molecule has 0 saturated heterocycles. The number of amides is 1. The Hall–Kier alpha value is -3.52. The third-order valence-corrected chi connectivity index (χ3v) is 6.11. The van der Waals surface area contributed by atoms with Gasteiger partial charge in [-0.3, -0.25) is 9.59 Å². The van der Waals surface area contributed by atoms with E-state index in [1.54, 1.807) is 47.8 Å². The van der Waals surface area contributed by atoms with E-state index in [9.17, 15) is 14.7 Å². The maximum atomic E-state index is 13.3. The van der Waals surface area contributed by atoms with Crippen molar-refractivity contribution in [3.63, 3.8) is 0 Å². The summed E-state index contributed by atoms with van der Waals surface area (Å²) in [5.74, 6) is 0.0904. The fraction of sp³-hybridized carbons (Fsp3) is 0.280. The zero-order valence-corrected chi connectivity index (χ0v) is 19.3. The molecule has 0 bridgehead atoms. The lowest BCUT2D eigenvalue weighted by molar-refractivity contribution is -0.130. The molecule has 7 nitrogen and oxygen atoms in total. The van der Waals surface area contributed by atoms with Gasteiger partial charge in [0.15, 0.2) is 17.3 Å². The molecule has 0 radical (unpaired) electrons. The Balaban J connectivity index is 1.79. The lowest BCUT2D eigenvalue weighted by Gasteiger charge is -2.26. The summed E-state index contributed by atoms with van der Waals surface area (Å²) in [6, 6.07) is 11.4. The van der Waals surface area contributed by atoms with Crippen molar-refractivity contribution in [2.75, 3.05) is 13.2 Å². The van der Waals surface area contributed by atoms with Crippen LogP contribution in [0.15, 0.2) is 69.9 Å². The first-order valence-corrected chi connectivity index (χ1v) is 11.7. The normalized spacial score (nSPS) is 15.9. The highest BCUT2D eigenvalue weighted by molar-refractivity contribution is 7.12. The molecule has 3 aromatic rings. The van der Waals surface area contributed by atoms with Crippen molar-refractivity contribution in [3.8, 4) is 11.5 Å². The molecule has 4 rings (SSSR count). The molecular weight excluding hydrogens is 442 g/mol. The number of carbonyl (C=O) groups is 2. The number of hydrogen-bond acceptors (Lipinski definition) is 7. The van der Waals surface area contributed by atoms with Gasteiger partial charge in [-0.05, 0) is 54.6 Å². The van der Waals surface area contributed by atoms with E-state index in [4.69, 9.17) is 13.9 Å². The van der Waals surface area contributed by atoms with Gasteiger partial charge in [-0.25, -0.2) is 0 Å². The van der Waals surface area contributed by atoms with Crippen LogP contribution in [-0.4, -0.2) is 34.9 Å². The number of rotatable bonds is 10. The lowest BCUT2D eigenvalue weighted by atomic mass is 9.95. The van der Waals surface area contributed by atoms with Crippen LogP contribution in [0.3, 0.4) is 0 Å². The smallest absolute Gasteiger partial charge is 0.290 e. The number of ketones is 1. The number of nitrogens with zero attached hydrogens (tertiary/aromatic N) is 1. The van der Waals surface area contributed by atoms with Crippen molar-refractivity contribution in [2.24, 2.45) is 0 Å². The highest BCUT2D eigenvalue weighted by Gasteiger charge is 2.44. The van der Waals surface area contributed by atoms with E-state index in [0.717, 1.165) is 6.42 Å². The summed E-state index contributed by atoms with van der Waals surface area (Å²) in [4.78, 5) is 28.3. The number of aliphatic hydroxyl groups excluding tert-OH is 1. The van der Waals surface area contributed by atoms with Crippen molar-refractivity contribution in [3.05, 3.63) is 81.6 Å². The number of Topliss-reactive ketones (excluding diaryl/α,β-unsaturated/α-hetero) is 1.